The molecule has 0 saturated heterocycles. The van der Waals surface area contributed by atoms with Crippen molar-refractivity contribution in [1.29, 1.82) is 0 Å². The normalized spacial score (nSPS) is 11.6. The maximum absolute atomic E-state index is 11.8. The molecular formula is C12H20N2O4S. The van der Waals surface area contributed by atoms with Crippen LogP contribution in [0, 0.1) is 0 Å². The maximum Gasteiger partial charge on any atom is 0.303 e. The minimum Gasteiger partial charge on any atom is -0.481 e. The molecule has 0 spiro atoms. The third kappa shape index (κ3) is 5.89. The van der Waals surface area contributed by atoms with E-state index in [1.807, 2.05) is 0 Å². The van der Waals surface area contributed by atoms with E-state index >= 15 is 0 Å². The summed E-state index contributed by atoms with van der Waals surface area (Å²) >= 11 is 0. The van der Waals surface area contributed by atoms with Crippen LogP contribution < -0.4 is 4.72 Å². The number of nitrogens with zero attached hydrogens (tertiary/aromatic N) is 1. The molecule has 1 rings (SSSR count). The summed E-state index contributed by atoms with van der Waals surface area (Å²) in [7, 11) is -1.65. The lowest BCUT2D eigenvalue weighted by molar-refractivity contribution is -0.137. The number of aryl methyl sites for hydroxylation is 1. The van der Waals surface area contributed by atoms with Gasteiger partial charge in [-0.05, 0) is 18.9 Å². The molecule has 1 heterocycles. The monoisotopic (exact) mass is 288 g/mol. The number of carbonyl (C=O) groups is 1. The standard InChI is InChI=1S/C12H20N2O4S/c1-14-9-7-11(10-14)19(17,18)13-8-5-3-2-4-6-12(15)16/h7,9-10,13H,2-6,8H2,1H3,(H,15,16). The van der Waals surface area contributed by atoms with E-state index in [0.29, 0.717) is 19.4 Å². The van der Waals surface area contributed by atoms with E-state index in [4.69, 9.17) is 5.11 Å². The van der Waals surface area contributed by atoms with Crippen LogP contribution in [0.2, 0.25) is 0 Å². The zero-order valence-corrected chi connectivity index (χ0v) is 11.8. The van der Waals surface area contributed by atoms with Gasteiger partial charge >= 0.3 is 5.97 Å². The summed E-state index contributed by atoms with van der Waals surface area (Å²) in [6.07, 6.45) is 6.39. The second-order valence-electron chi connectivity index (χ2n) is 4.47. The molecule has 0 aliphatic rings. The first kappa shape index (κ1) is 15.7. The molecule has 0 amide bonds. The molecule has 19 heavy (non-hydrogen) atoms. The number of sulfonamides is 1. The smallest absolute Gasteiger partial charge is 0.303 e. The summed E-state index contributed by atoms with van der Waals surface area (Å²) in [5, 5.41) is 8.46. The Bertz CT molecular complexity index is 508. The first-order chi connectivity index (χ1) is 8.92. The van der Waals surface area contributed by atoms with Crippen molar-refractivity contribution in [2.24, 2.45) is 7.05 Å². The number of hydrogen-bond donors (Lipinski definition) is 2. The number of aliphatic carboxylic acids is 1. The van der Waals surface area contributed by atoms with Gasteiger partial charge in [-0.2, -0.15) is 0 Å². The van der Waals surface area contributed by atoms with Gasteiger partial charge in [-0.15, -0.1) is 0 Å². The van der Waals surface area contributed by atoms with Gasteiger partial charge in [-0.1, -0.05) is 12.8 Å². The van der Waals surface area contributed by atoms with E-state index in [2.05, 4.69) is 4.72 Å². The molecule has 0 aromatic carbocycles. The van der Waals surface area contributed by atoms with Crippen LogP contribution in [-0.2, 0) is 21.9 Å². The van der Waals surface area contributed by atoms with Gasteiger partial charge in [0, 0.05) is 32.4 Å². The van der Waals surface area contributed by atoms with Crippen LogP contribution in [-0.4, -0.2) is 30.6 Å². The van der Waals surface area contributed by atoms with Crippen molar-refractivity contribution in [3.05, 3.63) is 18.5 Å². The molecule has 0 aliphatic heterocycles. The Kier molecular flexibility index (Phi) is 6.04. The zero-order valence-electron chi connectivity index (χ0n) is 11.0. The Hall–Kier alpha value is -1.34. The summed E-state index contributed by atoms with van der Waals surface area (Å²) in [6.45, 7) is 0.379. The van der Waals surface area contributed by atoms with Crippen molar-refractivity contribution in [2.75, 3.05) is 6.54 Å². The number of carboxylic acids is 1. The Morgan fingerprint density at radius 3 is 2.58 bits per heavy atom. The summed E-state index contributed by atoms with van der Waals surface area (Å²) in [6, 6.07) is 1.55. The Morgan fingerprint density at radius 1 is 1.32 bits per heavy atom. The van der Waals surface area contributed by atoms with Gasteiger partial charge in [0.25, 0.3) is 0 Å². The predicted molar refractivity (Wildman–Crippen MR) is 71.3 cm³/mol. The summed E-state index contributed by atoms with van der Waals surface area (Å²) in [5.74, 6) is -0.787. The molecular weight excluding hydrogens is 268 g/mol. The third-order valence-electron chi connectivity index (χ3n) is 2.72. The largest absolute Gasteiger partial charge is 0.481 e. The summed E-state index contributed by atoms with van der Waals surface area (Å²) < 4.78 is 27.9. The number of unbranched alkanes of at least 4 members (excludes halogenated alkanes) is 3. The van der Waals surface area contributed by atoms with E-state index in [0.717, 1.165) is 12.8 Å². The molecule has 0 bridgehead atoms. The predicted octanol–water partition coefficient (Wildman–Crippen LogP) is 1.34. The fraction of sp³-hybridized carbons (Fsp3) is 0.583. The molecule has 108 valence electrons. The van der Waals surface area contributed by atoms with Crippen molar-refractivity contribution < 1.29 is 18.3 Å². The highest BCUT2D eigenvalue weighted by atomic mass is 32.2. The van der Waals surface area contributed by atoms with E-state index < -0.39 is 16.0 Å². The lowest BCUT2D eigenvalue weighted by Gasteiger charge is -2.04. The van der Waals surface area contributed by atoms with Crippen molar-refractivity contribution >= 4 is 16.0 Å². The highest BCUT2D eigenvalue weighted by Gasteiger charge is 2.13. The van der Waals surface area contributed by atoms with Gasteiger partial charge in [0.05, 0.1) is 4.90 Å². The van der Waals surface area contributed by atoms with Gasteiger partial charge in [0.15, 0.2) is 0 Å². The number of carboxylic acid groups (broad SMARTS) is 1. The second-order valence-corrected chi connectivity index (χ2v) is 6.24. The van der Waals surface area contributed by atoms with E-state index in [1.54, 1.807) is 30.1 Å². The van der Waals surface area contributed by atoms with E-state index in [-0.39, 0.29) is 11.3 Å². The Balaban J connectivity index is 2.20. The van der Waals surface area contributed by atoms with Crippen LogP contribution in [0.1, 0.15) is 32.1 Å². The SMILES string of the molecule is Cn1ccc(S(=O)(=O)NCCCCCCC(=O)O)c1. The third-order valence-corrected chi connectivity index (χ3v) is 4.17. The lowest BCUT2D eigenvalue weighted by atomic mass is 10.1. The summed E-state index contributed by atoms with van der Waals surface area (Å²) in [4.78, 5) is 10.5. The maximum atomic E-state index is 11.8. The van der Waals surface area contributed by atoms with Crippen LogP contribution >= 0.6 is 0 Å². The van der Waals surface area contributed by atoms with Crippen LogP contribution in [0.4, 0.5) is 0 Å². The highest BCUT2D eigenvalue weighted by Crippen LogP contribution is 2.08. The number of hydrogen-bond acceptors (Lipinski definition) is 3. The minimum atomic E-state index is -3.41. The molecule has 1 aromatic heterocycles. The fourth-order valence-corrected chi connectivity index (χ4v) is 2.81. The highest BCUT2D eigenvalue weighted by molar-refractivity contribution is 7.89. The Morgan fingerprint density at radius 2 is 2.00 bits per heavy atom. The average Bonchev–Trinajstić information content (AvgIpc) is 2.75. The van der Waals surface area contributed by atoms with Gasteiger partial charge in [0.2, 0.25) is 10.0 Å². The topological polar surface area (TPSA) is 88.4 Å². The second kappa shape index (κ2) is 7.30. The molecule has 0 radical (unpaired) electrons. The van der Waals surface area contributed by atoms with Crippen molar-refractivity contribution in [2.45, 2.75) is 37.0 Å². The van der Waals surface area contributed by atoms with Gasteiger partial charge in [-0.3, -0.25) is 4.79 Å². The van der Waals surface area contributed by atoms with Crippen molar-refractivity contribution in [3.63, 3.8) is 0 Å². The Labute approximate surface area is 113 Å². The molecule has 0 saturated carbocycles. The van der Waals surface area contributed by atoms with Crippen molar-refractivity contribution in [1.82, 2.24) is 9.29 Å². The zero-order chi connectivity index (χ0) is 14.3. The van der Waals surface area contributed by atoms with E-state index in [1.165, 1.54) is 0 Å². The lowest BCUT2D eigenvalue weighted by Crippen LogP contribution is -2.24. The first-order valence-electron chi connectivity index (χ1n) is 6.25. The van der Waals surface area contributed by atoms with Gasteiger partial charge in [0.1, 0.15) is 0 Å². The quantitative estimate of drug-likeness (QED) is 0.671. The molecule has 1 aromatic rings. The molecule has 0 fully saturated rings. The number of nitrogens with one attached hydrogen (secondary N) is 1. The average molecular weight is 288 g/mol. The summed E-state index contributed by atoms with van der Waals surface area (Å²) in [5.41, 5.74) is 0. The fourth-order valence-electron chi connectivity index (χ4n) is 1.68. The van der Waals surface area contributed by atoms with Gasteiger partial charge in [-0.25, -0.2) is 13.1 Å². The van der Waals surface area contributed by atoms with Crippen LogP contribution in [0.25, 0.3) is 0 Å². The molecule has 2 N–H and O–H groups in total. The van der Waals surface area contributed by atoms with Crippen molar-refractivity contribution in [3.8, 4) is 0 Å². The number of rotatable bonds is 9. The van der Waals surface area contributed by atoms with Crippen LogP contribution in [0.15, 0.2) is 23.4 Å². The molecule has 0 aliphatic carbocycles. The molecule has 6 nitrogen and oxygen atoms in total. The number of aromatic nitrogens is 1. The van der Waals surface area contributed by atoms with Crippen LogP contribution in [0.3, 0.4) is 0 Å². The van der Waals surface area contributed by atoms with Crippen LogP contribution in [0.5, 0.6) is 0 Å². The molecule has 0 atom stereocenters. The van der Waals surface area contributed by atoms with Gasteiger partial charge < -0.3 is 9.67 Å². The minimum absolute atomic E-state index is 0.176. The molecule has 0 unspecified atom stereocenters. The molecule has 7 heteroatoms. The van der Waals surface area contributed by atoms with E-state index in [9.17, 15) is 13.2 Å². The first-order valence-corrected chi connectivity index (χ1v) is 7.73.